The average molecular weight is 396 g/mol. The summed E-state index contributed by atoms with van der Waals surface area (Å²) in [6.07, 6.45) is 5.21. The highest BCUT2D eigenvalue weighted by Gasteiger charge is 2.44. The van der Waals surface area contributed by atoms with E-state index >= 15 is 0 Å². The highest BCUT2D eigenvalue weighted by Crippen LogP contribution is 2.49. The van der Waals surface area contributed by atoms with Gasteiger partial charge >= 0.3 is 0 Å². The molecule has 2 aliphatic carbocycles. The maximum absolute atomic E-state index is 13.7. The summed E-state index contributed by atoms with van der Waals surface area (Å²) in [5, 5.41) is 0.537. The lowest BCUT2D eigenvalue weighted by molar-refractivity contribution is -0.115. The number of nitrogens with zero attached hydrogens (tertiary/aromatic N) is 2. The summed E-state index contributed by atoms with van der Waals surface area (Å²) in [7, 11) is 0. The third kappa shape index (κ3) is 3.20. The minimum absolute atomic E-state index is 0.0105. The molecule has 1 fully saturated rings. The van der Waals surface area contributed by atoms with Crippen LogP contribution in [-0.4, -0.2) is 21.2 Å². The standard InChI is InChI=1S/C22H25N3O2S/c1-14(2)12-25-20(27)18-19(24-21(25)28-13-17(23)26)16-8-4-3-7-15(16)11-22(18)9-5-6-10-22/h3-4,7-8H,1,5-6,9-13H2,2H3,(H2,23,26). The third-order valence-electron chi connectivity index (χ3n) is 5.80. The molecule has 1 spiro atoms. The van der Waals surface area contributed by atoms with Crippen LogP contribution in [0.5, 0.6) is 0 Å². The minimum atomic E-state index is -0.425. The van der Waals surface area contributed by atoms with Gasteiger partial charge in [-0.05, 0) is 31.7 Å². The largest absolute Gasteiger partial charge is 0.369 e. The molecule has 1 saturated carbocycles. The van der Waals surface area contributed by atoms with Gasteiger partial charge in [-0.1, -0.05) is 61.0 Å². The lowest BCUT2D eigenvalue weighted by Gasteiger charge is -2.36. The molecule has 1 heterocycles. The number of allylic oxidation sites excluding steroid dienone is 1. The molecule has 2 N–H and O–H groups in total. The van der Waals surface area contributed by atoms with Crippen molar-refractivity contribution in [1.82, 2.24) is 9.55 Å². The summed E-state index contributed by atoms with van der Waals surface area (Å²) in [5.41, 5.74) is 10.0. The second-order valence-corrected chi connectivity index (χ2v) is 8.99. The number of rotatable bonds is 5. The fourth-order valence-corrected chi connectivity index (χ4v) is 5.43. The fourth-order valence-electron chi connectivity index (χ4n) is 4.70. The molecule has 4 rings (SSSR count). The SMILES string of the molecule is C=C(C)Cn1c(SCC(N)=O)nc2c(c1=O)C1(CCCC1)Cc1ccccc1-2. The number of nitrogens with two attached hydrogens (primary N) is 1. The summed E-state index contributed by atoms with van der Waals surface area (Å²) in [6.45, 7) is 6.28. The molecule has 28 heavy (non-hydrogen) atoms. The second-order valence-electron chi connectivity index (χ2n) is 8.04. The molecule has 0 radical (unpaired) electrons. The molecule has 2 aliphatic rings. The van der Waals surface area contributed by atoms with E-state index in [1.165, 1.54) is 17.3 Å². The molecule has 146 valence electrons. The van der Waals surface area contributed by atoms with Crippen LogP contribution in [0.15, 0.2) is 46.4 Å². The number of hydrogen-bond donors (Lipinski definition) is 1. The van der Waals surface area contributed by atoms with Crippen LogP contribution in [0.4, 0.5) is 0 Å². The van der Waals surface area contributed by atoms with E-state index in [9.17, 15) is 9.59 Å². The van der Waals surface area contributed by atoms with Crippen LogP contribution in [0.2, 0.25) is 0 Å². The summed E-state index contributed by atoms with van der Waals surface area (Å²) in [4.78, 5) is 30.0. The van der Waals surface area contributed by atoms with Gasteiger partial charge in [0.2, 0.25) is 5.91 Å². The number of thioether (sulfide) groups is 1. The summed E-state index contributed by atoms with van der Waals surface area (Å²) in [5.74, 6) is -0.333. The van der Waals surface area contributed by atoms with E-state index in [1.54, 1.807) is 4.57 Å². The topological polar surface area (TPSA) is 78.0 Å². The van der Waals surface area contributed by atoms with Crippen LogP contribution in [0.25, 0.3) is 11.3 Å². The zero-order valence-electron chi connectivity index (χ0n) is 16.2. The Morgan fingerprint density at radius 2 is 2.04 bits per heavy atom. The highest BCUT2D eigenvalue weighted by atomic mass is 32.2. The van der Waals surface area contributed by atoms with Crippen LogP contribution in [0.3, 0.4) is 0 Å². The zero-order chi connectivity index (χ0) is 19.9. The first-order valence-corrected chi connectivity index (χ1v) is 10.7. The van der Waals surface area contributed by atoms with Crippen molar-refractivity contribution >= 4 is 17.7 Å². The summed E-state index contributed by atoms with van der Waals surface area (Å²) in [6, 6.07) is 8.24. The van der Waals surface area contributed by atoms with Crippen molar-refractivity contribution in [1.29, 1.82) is 0 Å². The number of benzene rings is 1. The van der Waals surface area contributed by atoms with Crippen LogP contribution in [0, 0.1) is 0 Å². The van der Waals surface area contributed by atoms with E-state index in [0.29, 0.717) is 11.7 Å². The number of amides is 1. The molecular formula is C22H25N3O2S. The Kier molecular flexibility index (Phi) is 4.91. The van der Waals surface area contributed by atoms with Crippen molar-refractivity contribution in [2.24, 2.45) is 5.73 Å². The maximum Gasteiger partial charge on any atom is 0.258 e. The quantitative estimate of drug-likeness (QED) is 0.478. The summed E-state index contributed by atoms with van der Waals surface area (Å²) < 4.78 is 1.68. The Bertz CT molecular complexity index is 1020. The van der Waals surface area contributed by atoms with E-state index in [4.69, 9.17) is 10.7 Å². The smallest absolute Gasteiger partial charge is 0.258 e. The molecule has 1 aromatic heterocycles. The van der Waals surface area contributed by atoms with Gasteiger partial charge in [0.1, 0.15) is 0 Å². The number of primary amides is 1. The average Bonchev–Trinajstić information content (AvgIpc) is 3.10. The van der Waals surface area contributed by atoms with Crippen LogP contribution >= 0.6 is 11.8 Å². The fraction of sp³-hybridized carbons (Fsp3) is 0.409. The number of carbonyl (C=O) groups excluding carboxylic acids is 1. The van der Waals surface area contributed by atoms with Crippen molar-refractivity contribution in [3.63, 3.8) is 0 Å². The lowest BCUT2D eigenvalue weighted by atomic mass is 9.68. The third-order valence-corrected chi connectivity index (χ3v) is 6.80. The van der Waals surface area contributed by atoms with Gasteiger partial charge in [-0.15, -0.1) is 0 Å². The lowest BCUT2D eigenvalue weighted by Crippen LogP contribution is -2.40. The highest BCUT2D eigenvalue weighted by molar-refractivity contribution is 7.99. The van der Waals surface area contributed by atoms with E-state index in [-0.39, 0.29) is 16.7 Å². The van der Waals surface area contributed by atoms with Crippen molar-refractivity contribution in [3.8, 4) is 11.3 Å². The predicted octanol–water partition coefficient (Wildman–Crippen LogP) is 3.43. The van der Waals surface area contributed by atoms with Gasteiger partial charge in [0.05, 0.1) is 17.0 Å². The van der Waals surface area contributed by atoms with E-state index in [1.807, 2.05) is 19.1 Å². The van der Waals surface area contributed by atoms with Gasteiger partial charge in [0, 0.05) is 17.5 Å². The van der Waals surface area contributed by atoms with Crippen LogP contribution in [-0.2, 0) is 23.2 Å². The van der Waals surface area contributed by atoms with E-state index in [0.717, 1.165) is 54.5 Å². The molecular weight excluding hydrogens is 370 g/mol. The Balaban J connectivity index is 1.98. The van der Waals surface area contributed by atoms with Crippen LogP contribution in [0.1, 0.15) is 43.7 Å². The van der Waals surface area contributed by atoms with Gasteiger partial charge in [-0.3, -0.25) is 14.2 Å². The van der Waals surface area contributed by atoms with Gasteiger partial charge in [-0.25, -0.2) is 4.98 Å². The predicted molar refractivity (Wildman–Crippen MR) is 113 cm³/mol. The Hall–Kier alpha value is -2.34. The van der Waals surface area contributed by atoms with E-state index < -0.39 is 5.91 Å². The molecule has 5 nitrogen and oxygen atoms in total. The molecule has 6 heteroatoms. The first kappa shape index (κ1) is 19.0. The van der Waals surface area contributed by atoms with Crippen molar-refractivity contribution < 1.29 is 4.79 Å². The number of aromatic nitrogens is 2. The van der Waals surface area contributed by atoms with Crippen LogP contribution < -0.4 is 11.3 Å². The summed E-state index contributed by atoms with van der Waals surface area (Å²) >= 11 is 1.23. The molecule has 0 unspecified atom stereocenters. The first-order chi connectivity index (χ1) is 13.4. The normalized spacial score (nSPS) is 16.6. The molecule has 1 aromatic carbocycles. The Morgan fingerprint density at radius 3 is 2.71 bits per heavy atom. The van der Waals surface area contributed by atoms with Gasteiger partial charge in [0.15, 0.2) is 5.16 Å². The zero-order valence-corrected chi connectivity index (χ0v) is 17.0. The molecule has 0 atom stereocenters. The maximum atomic E-state index is 13.7. The van der Waals surface area contributed by atoms with Gasteiger partial charge < -0.3 is 5.73 Å². The minimum Gasteiger partial charge on any atom is -0.369 e. The van der Waals surface area contributed by atoms with Crippen molar-refractivity contribution in [2.75, 3.05) is 5.75 Å². The first-order valence-electron chi connectivity index (χ1n) is 9.70. The number of carbonyl (C=O) groups is 1. The number of hydrogen-bond acceptors (Lipinski definition) is 4. The molecule has 1 amide bonds. The molecule has 0 saturated heterocycles. The van der Waals surface area contributed by atoms with Crippen molar-refractivity contribution in [2.45, 2.75) is 56.1 Å². The Morgan fingerprint density at radius 1 is 1.32 bits per heavy atom. The molecule has 2 aromatic rings. The van der Waals surface area contributed by atoms with E-state index in [2.05, 4.69) is 18.7 Å². The van der Waals surface area contributed by atoms with Crippen molar-refractivity contribution in [3.05, 3.63) is 57.9 Å². The second kappa shape index (κ2) is 7.24. The number of fused-ring (bicyclic) bond motifs is 4. The molecule has 0 bridgehead atoms. The van der Waals surface area contributed by atoms with Gasteiger partial charge in [-0.2, -0.15) is 0 Å². The Labute approximate surface area is 169 Å². The molecule has 0 aliphatic heterocycles. The van der Waals surface area contributed by atoms with Gasteiger partial charge in [0.25, 0.3) is 5.56 Å². The monoisotopic (exact) mass is 395 g/mol.